The summed E-state index contributed by atoms with van der Waals surface area (Å²) in [5.41, 5.74) is 8.09. The van der Waals surface area contributed by atoms with Crippen LogP contribution in [0.4, 0.5) is 0 Å². The maximum Gasteiger partial charge on any atom is 0.356 e. The molecule has 10 heteroatoms. The van der Waals surface area contributed by atoms with Gasteiger partial charge in [0.15, 0.2) is 5.69 Å². The Morgan fingerprint density at radius 2 is 1.24 bits per heavy atom. The highest BCUT2D eigenvalue weighted by Crippen LogP contribution is 2.20. The van der Waals surface area contributed by atoms with Crippen LogP contribution < -0.4 is 10.3 Å². The molecule has 10 nitrogen and oxygen atoms in total. The quantitative estimate of drug-likeness (QED) is 0.218. The smallest absolute Gasteiger partial charge is 0.356 e. The zero-order valence-corrected chi connectivity index (χ0v) is 26.4. The number of nitrogens with one attached hydrogen (secondary N) is 1. The van der Waals surface area contributed by atoms with Crippen molar-refractivity contribution in [1.82, 2.24) is 19.6 Å². The van der Waals surface area contributed by atoms with Crippen LogP contribution in [-0.4, -0.2) is 45.7 Å². The highest BCUT2D eigenvalue weighted by Gasteiger charge is 2.18. The number of aryl methyl sites for hydroxylation is 4. The Bertz CT molecular complexity index is 1790. The molecule has 0 saturated carbocycles. The lowest BCUT2D eigenvalue weighted by Crippen LogP contribution is -2.14. The summed E-state index contributed by atoms with van der Waals surface area (Å²) in [4.78, 5) is 35.2. The number of methoxy groups -OCH3 is 2. The van der Waals surface area contributed by atoms with Gasteiger partial charge in [-0.1, -0.05) is 66.7 Å². The Morgan fingerprint density at radius 3 is 1.80 bits per heavy atom. The fourth-order valence-corrected chi connectivity index (χ4v) is 4.92. The number of aromatic amines is 1. The van der Waals surface area contributed by atoms with Crippen LogP contribution >= 0.6 is 0 Å². The molecule has 0 aliphatic rings. The molecular formula is C35H38N4O6. The summed E-state index contributed by atoms with van der Waals surface area (Å²) in [6, 6.07) is 24.8. The Labute approximate surface area is 262 Å². The normalized spacial score (nSPS) is 10.5. The standard InChI is InChI=1S/C21H22N2O3.C14H16N2O3/c1-15-8-7-9-16(2)18(15)13-23-19(21(24)25-3)12-20(22-23)26-14-17-10-5-4-6-11-17;1-9-5-4-6-10(2)11(9)8-16-12(14(18)19-3)7-13(17)15-16/h4-12H,13-14H2,1-3H3;4-7H,8H2,1-3H3,(H,15,17). The topological polar surface area (TPSA) is 117 Å². The van der Waals surface area contributed by atoms with Crippen molar-refractivity contribution in [3.63, 3.8) is 0 Å². The van der Waals surface area contributed by atoms with Crippen LogP contribution in [0.1, 0.15) is 59.9 Å². The molecule has 2 heterocycles. The van der Waals surface area contributed by atoms with E-state index in [0.29, 0.717) is 31.3 Å². The van der Waals surface area contributed by atoms with E-state index in [1.54, 1.807) is 10.7 Å². The highest BCUT2D eigenvalue weighted by atomic mass is 16.5. The van der Waals surface area contributed by atoms with Crippen molar-refractivity contribution >= 4 is 11.9 Å². The summed E-state index contributed by atoms with van der Waals surface area (Å²) in [7, 11) is 2.66. The molecule has 0 aliphatic heterocycles. The van der Waals surface area contributed by atoms with Crippen LogP contribution in [0.2, 0.25) is 0 Å². The summed E-state index contributed by atoms with van der Waals surface area (Å²) in [5, 5.41) is 7.09. The van der Waals surface area contributed by atoms with Crippen molar-refractivity contribution in [2.75, 3.05) is 14.2 Å². The summed E-state index contributed by atoms with van der Waals surface area (Å²) < 4.78 is 18.5. The first-order valence-electron chi connectivity index (χ1n) is 14.4. The van der Waals surface area contributed by atoms with Gasteiger partial charge in [-0.15, -0.1) is 5.10 Å². The van der Waals surface area contributed by atoms with Gasteiger partial charge in [-0.2, -0.15) is 0 Å². The number of hydrogen-bond donors (Lipinski definition) is 1. The van der Waals surface area contributed by atoms with Crippen molar-refractivity contribution in [2.24, 2.45) is 0 Å². The van der Waals surface area contributed by atoms with Gasteiger partial charge >= 0.3 is 11.9 Å². The zero-order valence-electron chi connectivity index (χ0n) is 26.4. The Balaban J connectivity index is 0.000000215. The molecule has 234 valence electrons. The first-order valence-corrected chi connectivity index (χ1v) is 14.4. The van der Waals surface area contributed by atoms with Crippen molar-refractivity contribution in [1.29, 1.82) is 0 Å². The predicted molar refractivity (Wildman–Crippen MR) is 171 cm³/mol. The van der Waals surface area contributed by atoms with E-state index in [-0.39, 0.29) is 11.3 Å². The van der Waals surface area contributed by atoms with Gasteiger partial charge in [0.1, 0.15) is 12.3 Å². The molecule has 0 radical (unpaired) electrons. The second-order valence-corrected chi connectivity index (χ2v) is 10.6. The van der Waals surface area contributed by atoms with Gasteiger partial charge in [-0.05, 0) is 66.6 Å². The lowest BCUT2D eigenvalue weighted by atomic mass is 10.0. The molecule has 0 fully saturated rings. The molecule has 0 saturated heterocycles. The van der Waals surface area contributed by atoms with Crippen LogP contribution in [0.25, 0.3) is 0 Å². The van der Waals surface area contributed by atoms with E-state index in [1.807, 2.05) is 68.4 Å². The van der Waals surface area contributed by atoms with E-state index in [1.165, 1.54) is 25.0 Å². The third-order valence-corrected chi connectivity index (χ3v) is 7.49. The molecule has 0 unspecified atom stereocenters. The summed E-state index contributed by atoms with van der Waals surface area (Å²) in [5.74, 6) is -0.552. The van der Waals surface area contributed by atoms with E-state index >= 15 is 0 Å². The SMILES string of the molecule is COC(=O)c1cc(=O)[nH]n1Cc1c(C)cccc1C.COC(=O)c1cc(OCc2ccccc2)nn1Cc1c(C)cccc1C. The van der Waals surface area contributed by atoms with Gasteiger partial charge in [0.05, 0.1) is 27.3 Å². The third-order valence-electron chi connectivity index (χ3n) is 7.49. The number of hydrogen-bond acceptors (Lipinski definition) is 7. The molecule has 0 bridgehead atoms. The van der Waals surface area contributed by atoms with Crippen molar-refractivity contribution in [3.8, 4) is 5.88 Å². The molecule has 0 amide bonds. The zero-order chi connectivity index (χ0) is 32.5. The number of benzene rings is 3. The predicted octanol–water partition coefficient (Wildman–Crippen LogP) is 5.54. The summed E-state index contributed by atoms with van der Waals surface area (Å²) in [6.07, 6.45) is 0. The average molecular weight is 611 g/mol. The van der Waals surface area contributed by atoms with Crippen LogP contribution in [-0.2, 0) is 29.2 Å². The Morgan fingerprint density at radius 1 is 0.711 bits per heavy atom. The monoisotopic (exact) mass is 610 g/mol. The van der Waals surface area contributed by atoms with Crippen molar-refractivity contribution in [3.05, 3.63) is 140 Å². The minimum Gasteiger partial charge on any atom is -0.472 e. The molecule has 5 aromatic rings. The number of H-pyrrole nitrogens is 1. The number of carbonyl (C=O) groups excluding carboxylic acids is 2. The molecule has 1 N–H and O–H groups in total. The highest BCUT2D eigenvalue weighted by molar-refractivity contribution is 5.88. The number of ether oxygens (including phenoxy) is 3. The molecule has 0 spiro atoms. The minimum absolute atomic E-state index is 0.232. The molecular weight excluding hydrogens is 572 g/mol. The largest absolute Gasteiger partial charge is 0.472 e. The molecule has 45 heavy (non-hydrogen) atoms. The van der Waals surface area contributed by atoms with Crippen molar-refractivity contribution in [2.45, 2.75) is 47.4 Å². The molecule has 0 aliphatic carbocycles. The van der Waals surface area contributed by atoms with E-state index in [2.05, 4.69) is 40.9 Å². The van der Waals surface area contributed by atoms with Gasteiger partial charge in [-0.3, -0.25) is 14.6 Å². The first kappa shape index (κ1) is 32.5. The van der Waals surface area contributed by atoms with Gasteiger partial charge in [-0.25, -0.2) is 14.3 Å². The molecule has 0 atom stereocenters. The van der Waals surface area contributed by atoms with Gasteiger partial charge in [0.25, 0.3) is 5.56 Å². The molecule has 3 aromatic carbocycles. The summed E-state index contributed by atoms with van der Waals surface area (Å²) in [6.45, 7) is 9.42. The first-order chi connectivity index (χ1) is 21.6. The van der Waals surface area contributed by atoms with Gasteiger partial charge in [0, 0.05) is 12.1 Å². The van der Waals surface area contributed by atoms with Crippen molar-refractivity contribution < 1.29 is 23.8 Å². The summed E-state index contributed by atoms with van der Waals surface area (Å²) >= 11 is 0. The van der Waals surface area contributed by atoms with E-state index in [0.717, 1.165) is 38.9 Å². The van der Waals surface area contributed by atoms with Crippen LogP contribution in [0.15, 0.2) is 83.7 Å². The van der Waals surface area contributed by atoms with E-state index in [4.69, 9.17) is 9.47 Å². The average Bonchev–Trinajstić information content (AvgIpc) is 3.62. The molecule has 5 rings (SSSR count). The fourth-order valence-electron chi connectivity index (χ4n) is 4.92. The van der Waals surface area contributed by atoms with Gasteiger partial charge < -0.3 is 14.2 Å². The third kappa shape index (κ3) is 8.17. The minimum atomic E-state index is -0.524. The number of aromatic nitrogens is 4. The Hall–Kier alpha value is -5.38. The van der Waals surface area contributed by atoms with E-state index in [9.17, 15) is 14.4 Å². The Kier molecular flexibility index (Phi) is 10.8. The van der Waals surface area contributed by atoms with Crippen LogP contribution in [0.3, 0.4) is 0 Å². The van der Waals surface area contributed by atoms with Crippen LogP contribution in [0, 0.1) is 27.7 Å². The number of esters is 2. The van der Waals surface area contributed by atoms with Crippen LogP contribution in [0.5, 0.6) is 5.88 Å². The number of carbonyl (C=O) groups is 2. The van der Waals surface area contributed by atoms with Gasteiger partial charge in [0.2, 0.25) is 5.88 Å². The lowest BCUT2D eigenvalue weighted by molar-refractivity contribution is 0.0578. The number of rotatable bonds is 9. The maximum atomic E-state index is 12.1. The lowest BCUT2D eigenvalue weighted by Gasteiger charge is -2.12. The number of nitrogens with zero attached hydrogens (tertiary/aromatic N) is 3. The second kappa shape index (κ2) is 14.9. The second-order valence-electron chi connectivity index (χ2n) is 10.6. The molecule has 2 aromatic heterocycles. The maximum absolute atomic E-state index is 12.1. The van der Waals surface area contributed by atoms with E-state index < -0.39 is 11.9 Å². The fraction of sp³-hybridized carbons (Fsp3) is 0.257.